The van der Waals surface area contributed by atoms with E-state index in [0.29, 0.717) is 16.8 Å². The molecule has 1 fully saturated rings. The number of carbonyl (C=O) groups excluding carboxylic acids is 2. The number of Topliss-reactive ketones (excluding diaryl/α,β-unsaturated/α-hetero) is 1. The fourth-order valence-electron chi connectivity index (χ4n) is 3.60. The summed E-state index contributed by atoms with van der Waals surface area (Å²) in [6.45, 7) is 3.86. The van der Waals surface area contributed by atoms with Crippen molar-refractivity contribution >= 4 is 23.1 Å². The number of pyridine rings is 2. The third-order valence-electron chi connectivity index (χ3n) is 5.23. The first-order valence-corrected chi connectivity index (χ1v) is 9.18. The molecule has 0 spiro atoms. The van der Waals surface area contributed by atoms with E-state index in [-0.39, 0.29) is 11.3 Å². The van der Waals surface area contributed by atoms with E-state index in [2.05, 4.69) is 9.97 Å². The van der Waals surface area contributed by atoms with Gasteiger partial charge in [-0.1, -0.05) is 18.2 Å². The number of carbonyl (C=O) groups is 2. The molecule has 6 nitrogen and oxygen atoms in total. The number of nitrogens with zero attached hydrogens (tertiary/aromatic N) is 3. The Bertz CT molecular complexity index is 1120. The standard InChI is InChI=1S/C23H19N3O3/c1-14-5-3-7-18(15(14)2)26-20(17-6-4-10-25-13-17)19(22(28)23(26)29)21(27)16-8-11-24-12-9-16/h3-13,20,27H,1-2H3/b21-19+. The van der Waals surface area contributed by atoms with Gasteiger partial charge in [-0.2, -0.15) is 0 Å². The average molecular weight is 385 g/mol. The van der Waals surface area contributed by atoms with Gasteiger partial charge < -0.3 is 5.11 Å². The molecule has 6 heteroatoms. The van der Waals surface area contributed by atoms with Gasteiger partial charge in [-0.25, -0.2) is 0 Å². The number of hydrogen-bond acceptors (Lipinski definition) is 5. The molecule has 0 saturated carbocycles. The predicted molar refractivity (Wildman–Crippen MR) is 109 cm³/mol. The van der Waals surface area contributed by atoms with Gasteiger partial charge in [0.2, 0.25) is 0 Å². The normalized spacial score (nSPS) is 18.3. The lowest BCUT2D eigenvalue weighted by molar-refractivity contribution is -0.132. The molecule has 3 heterocycles. The van der Waals surface area contributed by atoms with Crippen molar-refractivity contribution in [1.29, 1.82) is 0 Å². The largest absolute Gasteiger partial charge is 0.507 e. The molecule has 1 aliphatic rings. The number of anilines is 1. The Morgan fingerprint density at radius 3 is 2.41 bits per heavy atom. The third-order valence-corrected chi connectivity index (χ3v) is 5.23. The maximum absolute atomic E-state index is 13.1. The van der Waals surface area contributed by atoms with Crippen molar-refractivity contribution < 1.29 is 14.7 Å². The summed E-state index contributed by atoms with van der Waals surface area (Å²) in [4.78, 5) is 35.7. The Kier molecular flexibility index (Phi) is 4.68. The lowest BCUT2D eigenvalue weighted by Crippen LogP contribution is -2.30. The molecular formula is C23H19N3O3. The number of rotatable bonds is 3. The van der Waals surface area contributed by atoms with Crippen molar-refractivity contribution in [1.82, 2.24) is 9.97 Å². The van der Waals surface area contributed by atoms with Crippen LogP contribution in [0.1, 0.15) is 28.3 Å². The molecule has 1 N–H and O–H groups in total. The van der Waals surface area contributed by atoms with E-state index >= 15 is 0 Å². The highest BCUT2D eigenvalue weighted by Crippen LogP contribution is 2.43. The van der Waals surface area contributed by atoms with Crippen molar-refractivity contribution in [2.45, 2.75) is 19.9 Å². The zero-order valence-corrected chi connectivity index (χ0v) is 16.0. The van der Waals surface area contributed by atoms with Crippen LogP contribution in [0.5, 0.6) is 0 Å². The van der Waals surface area contributed by atoms with E-state index in [1.165, 1.54) is 17.3 Å². The molecule has 1 saturated heterocycles. The highest BCUT2D eigenvalue weighted by Gasteiger charge is 2.47. The van der Waals surface area contributed by atoms with E-state index in [1.54, 1.807) is 36.7 Å². The number of hydrogen-bond donors (Lipinski definition) is 1. The number of amides is 1. The molecule has 144 valence electrons. The fraction of sp³-hybridized carbons (Fsp3) is 0.130. The average Bonchev–Trinajstić information content (AvgIpc) is 3.01. The predicted octanol–water partition coefficient (Wildman–Crippen LogP) is 3.72. The highest BCUT2D eigenvalue weighted by molar-refractivity contribution is 6.51. The van der Waals surface area contributed by atoms with Crippen molar-refractivity contribution in [3.05, 3.63) is 95.1 Å². The molecule has 4 rings (SSSR count). The molecule has 1 amide bonds. The van der Waals surface area contributed by atoms with Crippen LogP contribution in [0.15, 0.2) is 72.8 Å². The second-order valence-corrected chi connectivity index (χ2v) is 6.91. The van der Waals surface area contributed by atoms with Crippen LogP contribution < -0.4 is 4.90 Å². The Morgan fingerprint density at radius 1 is 0.966 bits per heavy atom. The summed E-state index contributed by atoms with van der Waals surface area (Å²) in [5, 5.41) is 11.0. The summed E-state index contributed by atoms with van der Waals surface area (Å²) in [5.74, 6) is -1.63. The number of aliphatic hydroxyl groups is 1. The minimum Gasteiger partial charge on any atom is -0.507 e. The van der Waals surface area contributed by atoms with Gasteiger partial charge in [-0.3, -0.25) is 24.5 Å². The molecule has 1 atom stereocenters. The van der Waals surface area contributed by atoms with E-state index in [4.69, 9.17) is 0 Å². The molecule has 0 aliphatic carbocycles. The maximum atomic E-state index is 13.1. The van der Waals surface area contributed by atoms with Crippen LogP contribution in [0.2, 0.25) is 0 Å². The van der Waals surface area contributed by atoms with Crippen LogP contribution in [0.25, 0.3) is 5.76 Å². The van der Waals surface area contributed by atoms with Gasteiger partial charge in [0.25, 0.3) is 11.7 Å². The summed E-state index contributed by atoms with van der Waals surface area (Å²) < 4.78 is 0. The molecule has 2 aromatic heterocycles. The summed E-state index contributed by atoms with van der Waals surface area (Å²) in [6.07, 6.45) is 6.27. The second-order valence-electron chi connectivity index (χ2n) is 6.91. The summed E-state index contributed by atoms with van der Waals surface area (Å²) in [5.41, 5.74) is 3.64. The monoisotopic (exact) mass is 385 g/mol. The summed E-state index contributed by atoms with van der Waals surface area (Å²) in [7, 11) is 0. The first-order chi connectivity index (χ1) is 14.0. The van der Waals surface area contributed by atoms with Gasteiger partial charge in [0.05, 0.1) is 11.6 Å². The second kappa shape index (κ2) is 7.31. The Morgan fingerprint density at radius 2 is 1.72 bits per heavy atom. The number of benzene rings is 1. The number of ketones is 1. The van der Waals surface area contributed by atoms with Gasteiger partial charge >= 0.3 is 0 Å². The molecule has 1 aliphatic heterocycles. The zero-order chi connectivity index (χ0) is 20.5. The summed E-state index contributed by atoms with van der Waals surface area (Å²) >= 11 is 0. The lowest BCUT2D eigenvalue weighted by atomic mass is 9.96. The van der Waals surface area contributed by atoms with Gasteiger partial charge in [-0.15, -0.1) is 0 Å². The number of aliphatic hydroxyl groups excluding tert-OH is 1. The minimum absolute atomic E-state index is 0.0371. The van der Waals surface area contributed by atoms with Crippen molar-refractivity contribution in [2.75, 3.05) is 4.90 Å². The quantitative estimate of drug-likeness (QED) is 0.422. The molecule has 1 aromatic carbocycles. The van der Waals surface area contributed by atoms with Crippen LogP contribution in [-0.4, -0.2) is 26.8 Å². The highest BCUT2D eigenvalue weighted by atomic mass is 16.3. The van der Waals surface area contributed by atoms with Gasteiger partial charge in [-0.05, 0) is 54.8 Å². The first-order valence-electron chi connectivity index (χ1n) is 9.18. The van der Waals surface area contributed by atoms with E-state index < -0.39 is 17.7 Å². The summed E-state index contributed by atoms with van der Waals surface area (Å²) in [6, 6.07) is 11.6. The maximum Gasteiger partial charge on any atom is 0.300 e. The van der Waals surface area contributed by atoms with Gasteiger partial charge in [0.15, 0.2) is 0 Å². The van der Waals surface area contributed by atoms with Crippen LogP contribution in [-0.2, 0) is 9.59 Å². The zero-order valence-electron chi connectivity index (χ0n) is 16.0. The van der Waals surface area contributed by atoms with Gasteiger partial charge in [0.1, 0.15) is 5.76 Å². The van der Waals surface area contributed by atoms with E-state index in [1.807, 2.05) is 32.0 Å². The van der Waals surface area contributed by atoms with E-state index in [9.17, 15) is 14.7 Å². The number of aromatic nitrogens is 2. The lowest BCUT2D eigenvalue weighted by Gasteiger charge is -2.27. The Hall–Kier alpha value is -3.80. The smallest absolute Gasteiger partial charge is 0.300 e. The molecule has 0 bridgehead atoms. The van der Waals surface area contributed by atoms with Crippen LogP contribution in [0, 0.1) is 13.8 Å². The Balaban J connectivity index is 1.98. The van der Waals surface area contributed by atoms with Gasteiger partial charge in [0, 0.05) is 36.0 Å². The Labute approximate surface area is 168 Å². The van der Waals surface area contributed by atoms with Crippen molar-refractivity contribution in [2.24, 2.45) is 0 Å². The van der Waals surface area contributed by atoms with Crippen LogP contribution in [0.3, 0.4) is 0 Å². The topological polar surface area (TPSA) is 83.4 Å². The third kappa shape index (κ3) is 3.08. The molecule has 29 heavy (non-hydrogen) atoms. The SMILES string of the molecule is Cc1cccc(N2C(=O)C(=O)/C(=C(/O)c3ccncc3)C2c2cccnc2)c1C. The van der Waals surface area contributed by atoms with Crippen molar-refractivity contribution in [3.63, 3.8) is 0 Å². The van der Waals surface area contributed by atoms with E-state index in [0.717, 1.165) is 11.1 Å². The minimum atomic E-state index is -0.780. The number of aryl methyl sites for hydroxylation is 1. The molecule has 0 radical (unpaired) electrons. The van der Waals surface area contributed by atoms with Crippen LogP contribution >= 0.6 is 0 Å². The molecular weight excluding hydrogens is 366 g/mol. The first kappa shape index (κ1) is 18.6. The molecule has 3 aromatic rings. The fourth-order valence-corrected chi connectivity index (χ4v) is 3.60. The van der Waals surface area contributed by atoms with Crippen molar-refractivity contribution in [3.8, 4) is 0 Å². The van der Waals surface area contributed by atoms with Crippen LogP contribution in [0.4, 0.5) is 5.69 Å². The molecule has 1 unspecified atom stereocenters.